The minimum absolute atomic E-state index is 0.372. The van der Waals surface area contributed by atoms with Crippen molar-refractivity contribution < 1.29 is 53.5 Å². The van der Waals surface area contributed by atoms with Crippen molar-refractivity contribution in [3.05, 3.63) is 113 Å². The third-order valence-electron chi connectivity index (χ3n) is 5.62. The smallest absolute Gasteiger partial charge is 0.489 e. The van der Waals surface area contributed by atoms with Crippen LogP contribution in [0.2, 0.25) is 0 Å². The SMILES string of the molecule is Fc1ccc(F)c(OB(Oc2ccc(F)c3c(F)c(F)ccc23)Oc2ccc(F)c3c(F)c(F)ccc23)c1F. The molecule has 0 N–H and O–H groups in total. The van der Waals surface area contributed by atoms with Gasteiger partial charge in [0.2, 0.25) is 5.82 Å². The van der Waals surface area contributed by atoms with Gasteiger partial charge in [-0.3, -0.25) is 0 Å². The van der Waals surface area contributed by atoms with Crippen LogP contribution >= 0.6 is 0 Å². The summed E-state index contributed by atoms with van der Waals surface area (Å²) in [5, 5.41) is -2.44. The van der Waals surface area contributed by atoms with Crippen molar-refractivity contribution in [2.75, 3.05) is 0 Å². The zero-order chi connectivity index (χ0) is 28.0. The van der Waals surface area contributed by atoms with E-state index in [0.717, 1.165) is 24.3 Å². The van der Waals surface area contributed by atoms with Crippen LogP contribution in [0.5, 0.6) is 17.2 Å². The van der Waals surface area contributed by atoms with Gasteiger partial charge in [0.05, 0.1) is 10.8 Å². The molecule has 0 aliphatic rings. The van der Waals surface area contributed by atoms with E-state index in [2.05, 4.69) is 0 Å². The van der Waals surface area contributed by atoms with Crippen molar-refractivity contribution >= 4 is 28.9 Å². The van der Waals surface area contributed by atoms with Crippen LogP contribution in [-0.4, -0.2) is 7.32 Å². The van der Waals surface area contributed by atoms with Crippen molar-refractivity contribution in [1.29, 1.82) is 0 Å². The topological polar surface area (TPSA) is 27.7 Å². The second-order valence-corrected chi connectivity index (χ2v) is 7.97. The normalized spacial score (nSPS) is 11.2. The lowest BCUT2D eigenvalue weighted by Gasteiger charge is -2.19. The van der Waals surface area contributed by atoms with Gasteiger partial charge in [-0.1, -0.05) is 0 Å². The predicted molar refractivity (Wildman–Crippen MR) is 122 cm³/mol. The van der Waals surface area contributed by atoms with Crippen LogP contribution in [-0.2, 0) is 0 Å². The van der Waals surface area contributed by atoms with Crippen molar-refractivity contribution in [2.45, 2.75) is 0 Å². The molecule has 0 fully saturated rings. The van der Waals surface area contributed by atoms with E-state index in [4.69, 9.17) is 14.0 Å². The Bertz CT molecular complexity index is 1660. The summed E-state index contributed by atoms with van der Waals surface area (Å²) in [4.78, 5) is 0. The largest absolute Gasteiger partial charge is 0.864 e. The fraction of sp³-hybridized carbons (Fsp3) is 0. The monoisotopic (exact) mass is 552 g/mol. The highest BCUT2D eigenvalue weighted by atomic mass is 19.2. The molecular weight excluding hydrogens is 542 g/mol. The standard InChI is InChI=1S/C26H10BF9O3/c28-13-7-9-19(11-1-3-15(30)23(34)21(11)13)37-27(39-26-18(33)6-5-17(32)25(26)36)38-20-10-8-14(29)22-12(20)2-4-16(31)24(22)35/h1-10H. The molecule has 5 aromatic rings. The Morgan fingerprint density at radius 2 is 0.769 bits per heavy atom. The third kappa shape index (κ3) is 4.64. The first kappa shape index (κ1) is 26.1. The maximum Gasteiger partial charge on any atom is 0.864 e. The number of fused-ring (bicyclic) bond motifs is 2. The summed E-state index contributed by atoms with van der Waals surface area (Å²) in [6, 6.07) is 7.35. The Balaban J connectivity index is 1.64. The number of benzene rings is 5. The molecule has 0 radical (unpaired) electrons. The van der Waals surface area contributed by atoms with E-state index in [0.29, 0.717) is 36.4 Å². The van der Waals surface area contributed by atoms with Gasteiger partial charge in [0.25, 0.3) is 0 Å². The summed E-state index contributed by atoms with van der Waals surface area (Å²) in [5.74, 6) is -15.3. The van der Waals surface area contributed by atoms with Gasteiger partial charge in [-0.15, -0.1) is 0 Å². The average molecular weight is 552 g/mol. The maximum atomic E-state index is 14.4. The molecule has 0 saturated carbocycles. The zero-order valence-electron chi connectivity index (χ0n) is 19.0. The molecule has 13 heteroatoms. The minimum Gasteiger partial charge on any atom is -0.489 e. The Labute approximate surface area is 213 Å². The Kier molecular flexibility index (Phi) is 6.67. The molecule has 39 heavy (non-hydrogen) atoms. The molecule has 0 bridgehead atoms. The fourth-order valence-corrected chi connectivity index (χ4v) is 3.82. The van der Waals surface area contributed by atoms with Gasteiger partial charge in [-0.05, 0) is 60.7 Å². The molecule has 0 aliphatic carbocycles. The maximum absolute atomic E-state index is 14.4. The van der Waals surface area contributed by atoms with Gasteiger partial charge in [-0.2, -0.15) is 4.39 Å². The molecule has 0 unspecified atom stereocenters. The number of hydrogen-bond acceptors (Lipinski definition) is 3. The Hall–Kier alpha value is -4.55. The molecule has 0 aromatic heterocycles. The van der Waals surface area contributed by atoms with Crippen molar-refractivity contribution in [3.63, 3.8) is 0 Å². The van der Waals surface area contributed by atoms with Crippen LogP contribution in [0.4, 0.5) is 39.5 Å². The summed E-state index contributed by atoms with van der Waals surface area (Å²) in [6.07, 6.45) is 0. The highest BCUT2D eigenvalue weighted by molar-refractivity contribution is 6.40. The van der Waals surface area contributed by atoms with Crippen molar-refractivity contribution in [1.82, 2.24) is 0 Å². The second-order valence-electron chi connectivity index (χ2n) is 7.97. The summed E-state index contributed by atoms with van der Waals surface area (Å²) < 4.78 is 143. The molecule has 0 heterocycles. The van der Waals surface area contributed by atoms with Crippen LogP contribution in [0.15, 0.2) is 60.7 Å². The molecular formula is C26H10BF9O3. The van der Waals surface area contributed by atoms with E-state index in [1.807, 2.05) is 0 Å². The number of rotatable bonds is 6. The van der Waals surface area contributed by atoms with Crippen LogP contribution < -0.4 is 14.0 Å². The van der Waals surface area contributed by atoms with E-state index in [1.54, 1.807) is 0 Å². The van der Waals surface area contributed by atoms with Crippen LogP contribution in [0.3, 0.4) is 0 Å². The van der Waals surface area contributed by atoms with Gasteiger partial charge in [0, 0.05) is 10.8 Å². The molecule has 0 spiro atoms. The van der Waals surface area contributed by atoms with Crippen molar-refractivity contribution in [2.24, 2.45) is 0 Å². The fourth-order valence-electron chi connectivity index (χ4n) is 3.82. The Morgan fingerprint density at radius 3 is 1.26 bits per heavy atom. The third-order valence-corrected chi connectivity index (χ3v) is 5.62. The van der Waals surface area contributed by atoms with E-state index in [1.165, 1.54) is 0 Å². The minimum atomic E-state index is -2.32. The molecule has 198 valence electrons. The van der Waals surface area contributed by atoms with Gasteiger partial charge in [0.15, 0.2) is 40.7 Å². The Morgan fingerprint density at radius 1 is 0.385 bits per heavy atom. The molecule has 5 aromatic carbocycles. The summed E-state index contributed by atoms with van der Waals surface area (Å²) in [6.45, 7) is 0. The first-order valence-electron chi connectivity index (χ1n) is 10.8. The summed E-state index contributed by atoms with van der Waals surface area (Å²) >= 11 is 0. The highest BCUT2D eigenvalue weighted by Gasteiger charge is 2.35. The summed E-state index contributed by atoms with van der Waals surface area (Å²) in [7, 11) is -2.32. The van der Waals surface area contributed by atoms with Gasteiger partial charge >= 0.3 is 7.32 Å². The van der Waals surface area contributed by atoms with Crippen LogP contribution in [0, 0.1) is 52.4 Å². The van der Waals surface area contributed by atoms with Crippen molar-refractivity contribution in [3.8, 4) is 17.2 Å². The quantitative estimate of drug-likeness (QED) is 0.123. The average Bonchev–Trinajstić information content (AvgIpc) is 2.91. The molecule has 0 saturated heterocycles. The lowest BCUT2D eigenvalue weighted by molar-refractivity contribution is 0.291. The second kappa shape index (κ2) is 9.97. The van der Waals surface area contributed by atoms with Gasteiger partial charge in [-0.25, -0.2) is 35.1 Å². The lowest BCUT2D eigenvalue weighted by atomic mass is 10.1. The van der Waals surface area contributed by atoms with Gasteiger partial charge in [0.1, 0.15) is 23.1 Å². The van der Waals surface area contributed by atoms with E-state index < -0.39 is 87.7 Å². The lowest BCUT2D eigenvalue weighted by Crippen LogP contribution is -2.37. The van der Waals surface area contributed by atoms with Crippen LogP contribution in [0.25, 0.3) is 21.5 Å². The summed E-state index contributed by atoms with van der Waals surface area (Å²) in [5.41, 5.74) is 0. The van der Waals surface area contributed by atoms with Gasteiger partial charge < -0.3 is 14.0 Å². The van der Waals surface area contributed by atoms with E-state index in [-0.39, 0.29) is 10.8 Å². The first-order valence-corrected chi connectivity index (χ1v) is 10.8. The molecule has 0 amide bonds. The zero-order valence-corrected chi connectivity index (χ0v) is 19.0. The first-order chi connectivity index (χ1) is 18.6. The molecule has 0 aliphatic heterocycles. The molecule has 3 nitrogen and oxygen atoms in total. The van der Waals surface area contributed by atoms with Crippen LogP contribution in [0.1, 0.15) is 0 Å². The molecule has 0 atom stereocenters. The number of hydrogen-bond donors (Lipinski definition) is 0. The molecule has 5 rings (SSSR count). The highest BCUT2D eigenvalue weighted by Crippen LogP contribution is 2.35. The van der Waals surface area contributed by atoms with E-state index in [9.17, 15) is 39.5 Å². The van der Waals surface area contributed by atoms with E-state index >= 15 is 0 Å². The predicted octanol–water partition coefficient (Wildman–Crippen LogP) is 7.77. The number of halogens is 9.